The highest BCUT2D eigenvalue weighted by Crippen LogP contribution is 2.52. The average molecular weight is 510 g/mol. The molecule has 4 rings (SSSR count). The van der Waals surface area contributed by atoms with Gasteiger partial charge in [0.05, 0.1) is 18.1 Å². The number of carbonyl (C=O) groups excluding carboxylic acids is 2. The van der Waals surface area contributed by atoms with E-state index >= 15 is 0 Å². The third kappa shape index (κ3) is 4.21. The Labute approximate surface area is 206 Å². The number of fused-ring (bicyclic) bond motifs is 1. The molecular formula is C22H31N5O5S2. The molecule has 5 atom stereocenters. The van der Waals surface area contributed by atoms with Crippen molar-refractivity contribution < 1.29 is 24.6 Å². The van der Waals surface area contributed by atoms with E-state index in [9.17, 15) is 24.6 Å². The number of nitrogens with one attached hydrogen (secondary N) is 1. The summed E-state index contributed by atoms with van der Waals surface area (Å²) in [6.07, 6.45) is -0.813. The first kappa shape index (κ1) is 25.0. The van der Waals surface area contributed by atoms with Crippen LogP contribution in [0, 0.1) is 17.8 Å². The molecule has 2 fully saturated rings. The number of nitrogens with two attached hydrogens (primary N) is 1. The van der Waals surface area contributed by atoms with Crippen molar-refractivity contribution in [3.05, 3.63) is 21.7 Å². The molecule has 0 radical (unpaired) electrons. The first-order valence-corrected chi connectivity index (χ1v) is 13.2. The normalized spacial score (nSPS) is 26.3. The Morgan fingerprint density at radius 2 is 2.03 bits per heavy atom. The molecule has 3 aliphatic rings. The molecule has 5 N–H and O–H groups in total. The quantitative estimate of drug-likeness (QED) is 0.357. The number of thioether (sulfide) groups is 1. The summed E-state index contributed by atoms with van der Waals surface area (Å²) in [5.41, 5.74) is 6.15. The molecule has 3 unspecified atom stereocenters. The Bertz CT molecular complexity index is 1020. The third-order valence-corrected chi connectivity index (χ3v) is 9.18. The number of hydrogen-bond acceptors (Lipinski definition) is 9. The zero-order chi connectivity index (χ0) is 24.9. The summed E-state index contributed by atoms with van der Waals surface area (Å²) in [4.78, 5) is 45.5. The Balaban J connectivity index is 1.38. The van der Waals surface area contributed by atoms with Crippen LogP contribution in [-0.2, 0) is 9.59 Å². The molecule has 0 aliphatic carbocycles. The van der Waals surface area contributed by atoms with Crippen molar-refractivity contribution in [2.24, 2.45) is 23.5 Å². The second-order valence-corrected chi connectivity index (χ2v) is 11.7. The molecule has 2 saturated heterocycles. The number of anilines is 1. The Morgan fingerprint density at radius 3 is 2.59 bits per heavy atom. The molecule has 3 aliphatic heterocycles. The van der Waals surface area contributed by atoms with Crippen LogP contribution in [0.3, 0.4) is 0 Å². The van der Waals surface area contributed by atoms with Crippen LogP contribution in [0.25, 0.3) is 0 Å². The van der Waals surface area contributed by atoms with Crippen LogP contribution in [0.5, 0.6) is 0 Å². The van der Waals surface area contributed by atoms with Crippen molar-refractivity contribution in [1.82, 2.24) is 15.2 Å². The minimum Gasteiger partial charge on any atom is -0.477 e. The lowest BCUT2D eigenvalue weighted by Crippen LogP contribution is -2.63. The number of aromatic nitrogens is 1. The van der Waals surface area contributed by atoms with Crippen molar-refractivity contribution in [2.75, 3.05) is 24.5 Å². The fourth-order valence-corrected chi connectivity index (χ4v) is 7.13. The maximum Gasteiger partial charge on any atom is 0.353 e. The summed E-state index contributed by atoms with van der Waals surface area (Å²) in [5, 5.41) is 25.3. The lowest BCUT2D eigenvalue weighted by atomic mass is 9.79. The highest BCUT2D eigenvalue weighted by molar-refractivity contribution is 8.03. The van der Waals surface area contributed by atoms with E-state index in [0.717, 1.165) is 5.13 Å². The first-order chi connectivity index (χ1) is 16.0. The Hall–Kier alpha value is -2.15. The third-order valence-electron chi connectivity index (χ3n) is 6.82. The van der Waals surface area contributed by atoms with Crippen molar-refractivity contribution in [1.29, 1.82) is 0 Å². The van der Waals surface area contributed by atoms with Gasteiger partial charge in [0.1, 0.15) is 11.4 Å². The van der Waals surface area contributed by atoms with Gasteiger partial charge in [0, 0.05) is 47.1 Å². The van der Waals surface area contributed by atoms with Gasteiger partial charge in [-0.15, -0.1) is 23.1 Å². The number of nitrogens with zero attached hydrogens (tertiary/aromatic N) is 3. The van der Waals surface area contributed by atoms with E-state index in [1.54, 1.807) is 12.3 Å². The van der Waals surface area contributed by atoms with Gasteiger partial charge in [-0.25, -0.2) is 9.78 Å². The van der Waals surface area contributed by atoms with Crippen molar-refractivity contribution in [3.63, 3.8) is 0 Å². The number of carboxylic acid groups (broad SMARTS) is 1. The number of carboxylic acids is 1. The molecule has 0 bridgehead atoms. The first-order valence-electron chi connectivity index (χ1n) is 11.4. The van der Waals surface area contributed by atoms with Gasteiger partial charge in [0.15, 0.2) is 5.13 Å². The largest absolute Gasteiger partial charge is 0.477 e. The van der Waals surface area contributed by atoms with Gasteiger partial charge in [-0.2, -0.15) is 0 Å². The molecule has 1 aromatic rings. The molecule has 10 nitrogen and oxygen atoms in total. The van der Waals surface area contributed by atoms with Crippen LogP contribution in [0.15, 0.2) is 16.0 Å². The second kappa shape index (κ2) is 9.48. The van der Waals surface area contributed by atoms with Crippen molar-refractivity contribution in [3.8, 4) is 0 Å². The van der Waals surface area contributed by atoms with E-state index in [0.29, 0.717) is 30.2 Å². The topological polar surface area (TPSA) is 149 Å². The predicted molar refractivity (Wildman–Crippen MR) is 130 cm³/mol. The minimum absolute atomic E-state index is 0.0515. The number of thiazole rings is 1. The van der Waals surface area contributed by atoms with Gasteiger partial charge < -0.3 is 31.1 Å². The summed E-state index contributed by atoms with van der Waals surface area (Å²) in [6.45, 7) is 9.19. The van der Waals surface area contributed by atoms with Crippen LogP contribution in [-0.4, -0.2) is 81.0 Å². The highest BCUT2D eigenvalue weighted by atomic mass is 32.2. The number of β-lactam (4-membered cyclic amide) rings is 1. The molecule has 12 heteroatoms. The predicted octanol–water partition coefficient (Wildman–Crippen LogP) is 0.932. The fraction of sp³-hybridized carbons (Fsp3) is 0.636. The van der Waals surface area contributed by atoms with E-state index in [-0.39, 0.29) is 46.7 Å². The van der Waals surface area contributed by atoms with Crippen LogP contribution in [0.1, 0.15) is 38.2 Å². The molecule has 4 heterocycles. The molecule has 2 amide bonds. The maximum atomic E-state index is 12.5. The van der Waals surface area contributed by atoms with Gasteiger partial charge in [-0.1, -0.05) is 20.8 Å². The highest BCUT2D eigenvalue weighted by Gasteiger charge is 2.60. The molecule has 0 spiro atoms. The van der Waals surface area contributed by atoms with Gasteiger partial charge in [-0.3, -0.25) is 9.59 Å². The number of aliphatic carboxylic acids is 1. The Morgan fingerprint density at radius 1 is 1.35 bits per heavy atom. The molecule has 1 aromatic heterocycles. The number of aliphatic hydroxyl groups excluding tert-OH is 1. The van der Waals surface area contributed by atoms with E-state index in [1.165, 1.54) is 28.0 Å². The maximum absolute atomic E-state index is 12.5. The van der Waals surface area contributed by atoms with Crippen LogP contribution in [0.2, 0.25) is 0 Å². The molecule has 0 aromatic carbocycles. The van der Waals surface area contributed by atoms with Crippen LogP contribution in [0.4, 0.5) is 5.13 Å². The molecular weight excluding hydrogens is 478 g/mol. The van der Waals surface area contributed by atoms with Gasteiger partial charge >= 0.3 is 5.97 Å². The van der Waals surface area contributed by atoms with Gasteiger partial charge in [0.2, 0.25) is 5.91 Å². The van der Waals surface area contributed by atoms with E-state index in [1.807, 2.05) is 20.8 Å². The number of rotatable bonds is 9. The molecule has 0 saturated carbocycles. The summed E-state index contributed by atoms with van der Waals surface area (Å²) in [5.74, 6) is -2.16. The number of aliphatic hydroxyl groups is 1. The number of hydrogen-bond donors (Lipinski definition) is 4. The van der Waals surface area contributed by atoms with Gasteiger partial charge in [0.25, 0.3) is 5.91 Å². The summed E-state index contributed by atoms with van der Waals surface area (Å²) >= 11 is 2.89. The van der Waals surface area contributed by atoms with Crippen LogP contribution < -0.4 is 16.0 Å². The summed E-state index contributed by atoms with van der Waals surface area (Å²) < 4.78 is 0. The zero-order valence-electron chi connectivity index (χ0n) is 19.6. The van der Waals surface area contributed by atoms with E-state index in [2.05, 4.69) is 15.2 Å². The molecule has 186 valence electrons. The van der Waals surface area contributed by atoms with Crippen LogP contribution >= 0.6 is 23.1 Å². The smallest absolute Gasteiger partial charge is 0.353 e. The van der Waals surface area contributed by atoms with Crippen molar-refractivity contribution >= 4 is 46.0 Å². The van der Waals surface area contributed by atoms with E-state index in [4.69, 9.17) is 5.73 Å². The lowest BCUT2D eigenvalue weighted by molar-refractivity contribution is -0.163. The van der Waals surface area contributed by atoms with E-state index < -0.39 is 18.0 Å². The minimum atomic E-state index is -1.11. The SMILES string of the molecule is CC(C)C(CN)NC(=O)c1csc(N2CC(SC3=C(C(=O)O)N4C(=O)C([C@@H](C)O)C4[C@H]3C)C2)n1. The molecule has 34 heavy (non-hydrogen) atoms. The fourth-order valence-electron chi connectivity index (χ4n) is 4.78. The lowest BCUT2D eigenvalue weighted by Gasteiger charge is -2.46. The second-order valence-electron chi connectivity index (χ2n) is 9.49. The number of carbonyl (C=O) groups is 3. The zero-order valence-corrected chi connectivity index (χ0v) is 21.2. The van der Waals surface area contributed by atoms with Gasteiger partial charge in [-0.05, 0) is 12.8 Å². The summed E-state index contributed by atoms with van der Waals surface area (Å²) in [6, 6.07) is -0.417. The standard InChI is InChI=1S/C22H31N5O5S2/c1-9(2)13(5-23)24-19(29)14-8-33-22(25-14)26-6-12(7-26)34-18-10(3)16-15(11(4)28)20(30)27(16)17(18)21(31)32/h8-13,15-16,28H,5-7,23H2,1-4H3,(H,24,29)(H,31,32)/t10-,11-,13?,15?,16?/m1/s1. The number of amides is 2. The average Bonchev–Trinajstić information content (AvgIpc) is 3.30. The summed E-state index contributed by atoms with van der Waals surface area (Å²) in [7, 11) is 0. The monoisotopic (exact) mass is 509 g/mol. The Kier molecular flexibility index (Phi) is 6.96. The van der Waals surface area contributed by atoms with Crippen molar-refractivity contribution in [2.45, 2.75) is 51.1 Å².